The minimum absolute atomic E-state index is 0.0411. The van der Waals surface area contributed by atoms with Gasteiger partial charge in [-0.05, 0) is 5.56 Å². The molecule has 0 heterocycles. The van der Waals surface area contributed by atoms with Gasteiger partial charge in [-0.3, -0.25) is 4.79 Å². The summed E-state index contributed by atoms with van der Waals surface area (Å²) < 4.78 is 9.11. The van der Waals surface area contributed by atoms with Crippen LogP contribution in [-0.4, -0.2) is 31.5 Å². The second kappa shape index (κ2) is 7.05. The molecule has 1 unspecified atom stereocenters. The number of benzene rings is 1. The van der Waals surface area contributed by atoms with E-state index in [0.29, 0.717) is 0 Å². The second-order valence-electron chi connectivity index (χ2n) is 3.28. The first-order valence-electron chi connectivity index (χ1n) is 5.10. The van der Waals surface area contributed by atoms with Crippen molar-refractivity contribution in [3.05, 3.63) is 35.9 Å². The topological polar surface area (TPSA) is 81.7 Å². The summed E-state index contributed by atoms with van der Waals surface area (Å²) >= 11 is 0. The molecule has 1 aromatic rings. The minimum Gasteiger partial charge on any atom is -0.467 e. The first-order valence-corrected chi connectivity index (χ1v) is 5.10. The average Bonchev–Trinajstić information content (AvgIpc) is 2.42. The van der Waals surface area contributed by atoms with Gasteiger partial charge in [-0.2, -0.15) is 0 Å². The summed E-state index contributed by atoms with van der Waals surface area (Å²) in [5, 5.41) is 2.03. The number of methoxy groups -OCH3 is 1. The van der Waals surface area contributed by atoms with E-state index >= 15 is 0 Å². The largest absolute Gasteiger partial charge is 0.467 e. The molecule has 0 aliphatic heterocycles. The molecule has 1 amide bonds. The molecule has 1 atom stereocenters. The van der Waals surface area contributed by atoms with Gasteiger partial charge in [0, 0.05) is 0 Å². The average molecular weight is 250 g/mol. The number of nitrogens with one attached hydrogen (secondary N) is 1. The van der Waals surface area contributed by atoms with Gasteiger partial charge < -0.3 is 14.8 Å². The number of rotatable bonds is 5. The number of esters is 1. The van der Waals surface area contributed by atoms with Crippen molar-refractivity contribution in [2.75, 3.05) is 7.11 Å². The van der Waals surface area contributed by atoms with E-state index in [1.165, 1.54) is 6.29 Å². The number of amides is 1. The first kappa shape index (κ1) is 13.7. The fourth-order valence-corrected chi connectivity index (χ4v) is 1.14. The van der Waals surface area contributed by atoms with Gasteiger partial charge >= 0.3 is 12.1 Å². The number of alkyl carbamates (subject to hydrolysis) is 1. The molecule has 0 aliphatic carbocycles. The van der Waals surface area contributed by atoms with Crippen LogP contribution in [-0.2, 0) is 25.7 Å². The quantitative estimate of drug-likeness (QED) is 0.610. The van der Waals surface area contributed by atoms with Crippen LogP contribution in [0.5, 0.6) is 0 Å². The van der Waals surface area contributed by atoms with Gasteiger partial charge in [0.05, 0.1) is 7.11 Å². The Morgan fingerprint density at radius 3 is 2.56 bits per heavy atom. The number of hydrogen-bond donors (Lipinski definition) is 1. The van der Waals surface area contributed by atoms with E-state index in [2.05, 4.69) is 4.74 Å². The normalized spacial score (nSPS) is 11.2. The van der Waals surface area contributed by atoms with Gasteiger partial charge in [-0.25, -0.2) is 9.59 Å². The first-order chi connectivity index (χ1) is 8.67. The highest BCUT2D eigenvalue weighted by molar-refractivity contribution is 5.95. The number of carbonyl (C=O) groups is 2. The van der Waals surface area contributed by atoms with E-state index in [1.54, 1.807) is 24.3 Å². The molecule has 95 valence electrons. The van der Waals surface area contributed by atoms with E-state index < -0.39 is 18.1 Å². The highest BCUT2D eigenvalue weighted by atomic mass is 16.6. The second-order valence-corrected chi connectivity index (χ2v) is 3.28. The summed E-state index contributed by atoms with van der Waals surface area (Å²) in [6.45, 7) is 0.0411. The summed E-state index contributed by atoms with van der Waals surface area (Å²) in [7, 11) is 1.10. The van der Waals surface area contributed by atoms with Gasteiger partial charge in [-0.15, -0.1) is 0 Å². The third-order valence-electron chi connectivity index (χ3n) is 2.03. The molecule has 0 fully saturated rings. The fraction of sp³-hybridized carbons (Fsp3) is 0.250. The van der Waals surface area contributed by atoms with Crippen molar-refractivity contribution in [3.63, 3.8) is 0 Å². The zero-order valence-electron chi connectivity index (χ0n) is 9.71. The molecule has 6 nitrogen and oxygen atoms in total. The van der Waals surface area contributed by atoms with Crippen LogP contribution in [0, 0.1) is 0 Å². The third-order valence-corrected chi connectivity index (χ3v) is 2.03. The lowest BCUT2D eigenvalue weighted by Crippen LogP contribution is -2.42. The summed E-state index contributed by atoms with van der Waals surface area (Å²) in [5.74, 6) is -0.901. The van der Waals surface area contributed by atoms with Gasteiger partial charge in [-0.1, -0.05) is 30.3 Å². The SMILES string of the molecule is COC(=O)C([C]=O)NC(=O)OCc1ccccc1. The molecular weight excluding hydrogens is 238 g/mol. The Labute approximate surface area is 104 Å². The summed E-state index contributed by atoms with van der Waals surface area (Å²) in [5.41, 5.74) is 0.789. The van der Waals surface area contributed by atoms with E-state index in [-0.39, 0.29) is 6.61 Å². The van der Waals surface area contributed by atoms with Crippen molar-refractivity contribution in [2.24, 2.45) is 0 Å². The lowest BCUT2D eigenvalue weighted by Gasteiger charge is -2.10. The van der Waals surface area contributed by atoms with Crippen LogP contribution in [0.3, 0.4) is 0 Å². The Balaban J connectivity index is 2.42. The molecule has 1 N–H and O–H groups in total. The van der Waals surface area contributed by atoms with Crippen molar-refractivity contribution >= 4 is 18.3 Å². The van der Waals surface area contributed by atoms with Crippen LogP contribution < -0.4 is 5.32 Å². The van der Waals surface area contributed by atoms with Gasteiger partial charge in [0.25, 0.3) is 0 Å². The molecule has 18 heavy (non-hydrogen) atoms. The number of hydrogen-bond acceptors (Lipinski definition) is 5. The van der Waals surface area contributed by atoms with Gasteiger partial charge in [0.2, 0.25) is 6.29 Å². The Morgan fingerprint density at radius 1 is 1.33 bits per heavy atom. The van der Waals surface area contributed by atoms with Gasteiger partial charge in [0.15, 0.2) is 6.04 Å². The summed E-state index contributed by atoms with van der Waals surface area (Å²) in [6, 6.07) is 7.50. The molecule has 0 aromatic heterocycles. The summed E-state index contributed by atoms with van der Waals surface area (Å²) in [4.78, 5) is 32.7. The molecule has 1 rings (SSSR count). The number of carbonyl (C=O) groups excluding carboxylic acids is 3. The number of ether oxygens (including phenoxy) is 2. The fourth-order valence-electron chi connectivity index (χ4n) is 1.14. The summed E-state index contributed by atoms with van der Waals surface area (Å²) in [6.07, 6.45) is 0.454. The maximum Gasteiger partial charge on any atom is 0.408 e. The highest BCUT2D eigenvalue weighted by Crippen LogP contribution is 2.00. The molecule has 0 spiro atoms. The van der Waals surface area contributed by atoms with Crippen molar-refractivity contribution in [3.8, 4) is 0 Å². The van der Waals surface area contributed by atoms with Crippen molar-refractivity contribution in [1.82, 2.24) is 5.32 Å². The van der Waals surface area contributed by atoms with E-state index in [0.717, 1.165) is 12.7 Å². The molecule has 6 heteroatoms. The van der Waals surface area contributed by atoms with Gasteiger partial charge in [0.1, 0.15) is 6.61 Å². The predicted octanol–water partition coefficient (Wildman–Crippen LogP) is 0.564. The Hall–Kier alpha value is -2.37. The Morgan fingerprint density at radius 2 is 2.00 bits per heavy atom. The predicted molar refractivity (Wildman–Crippen MR) is 61.3 cm³/mol. The van der Waals surface area contributed by atoms with Crippen LogP contribution >= 0.6 is 0 Å². The Bertz CT molecular complexity index is 418. The van der Waals surface area contributed by atoms with E-state index in [9.17, 15) is 14.4 Å². The van der Waals surface area contributed by atoms with E-state index in [4.69, 9.17) is 4.74 Å². The van der Waals surface area contributed by atoms with Crippen LogP contribution in [0.1, 0.15) is 5.56 Å². The zero-order valence-corrected chi connectivity index (χ0v) is 9.71. The van der Waals surface area contributed by atoms with Crippen LogP contribution in [0.25, 0.3) is 0 Å². The molecule has 0 bridgehead atoms. The monoisotopic (exact) mass is 250 g/mol. The molecule has 1 aromatic carbocycles. The van der Waals surface area contributed by atoms with Crippen molar-refractivity contribution < 1.29 is 23.9 Å². The van der Waals surface area contributed by atoms with Crippen LogP contribution in [0.2, 0.25) is 0 Å². The van der Waals surface area contributed by atoms with Crippen molar-refractivity contribution in [1.29, 1.82) is 0 Å². The molecule has 0 saturated carbocycles. The maximum absolute atomic E-state index is 11.3. The Kier molecular flexibility index (Phi) is 5.37. The zero-order chi connectivity index (χ0) is 13.4. The molecular formula is C12H12NO5. The van der Waals surface area contributed by atoms with Crippen LogP contribution in [0.15, 0.2) is 30.3 Å². The molecule has 0 saturated heterocycles. The van der Waals surface area contributed by atoms with Crippen LogP contribution in [0.4, 0.5) is 4.79 Å². The van der Waals surface area contributed by atoms with E-state index in [1.807, 2.05) is 11.4 Å². The highest BCUT2D eigenvalue weighted by Gasteiger charge is 2.22. The lowest BCUT2D eigenvalue weighted by atomic mass is 10.2. The minimum atomic E-state index is -1.47. The third kappa shape index (κ3) is 4.25. The standard InChI is InChI=1S/C12H12NO5/c1-17-11(15)10(7-14)13-12(16)18-8-9-5-3-2-4-6-9/h2-6,10H,8H2,1H3,(H,13,16). The smallest absolute Gasteiger partial charge is 0.408 e. The molecule has 1 radical (unpaired) electrons. The molecule has 0 aliphatic rings. The van der Waals surface area contributed by atoms with Crippen molar-refractivity contribution in [2.45, 2.75) is 12.6 Å². The maximum atomic E-state index is 11.3. The lowest BCUT2D eigenvalue weighted by molar-refractivity contribution is -0.141.